The molecule has 1 fully saturated rings. The Morgan fingerprint density at radius 3 is 2.74 bits per heavy atom. The molecule has 2 aliphatic rings. The van der Waals surface area contributed by atoms with Gasteiger partial charge in [-0.3, -0.25) is 4.79 Å². The van der Waals surface area contributed by atoms with Crippen LogP contribution in [-0.2, 0) is 33.9 Å². The van der Waals surface area contributed by atoms with Crippen LogP contribution in [0.15, 0.2) is 66.7 Å². The number of nitrogens with zero attached hydrogens (tertiary/aromatic N) is 1. The molecular formula is C34H43N3O5. The van der Waals surface area contributed by atoms with Gasteiger partial charge in [-0.2, -0.15) is 0 Å². The zero-order valence-corrected chi connectivity index (χ0v) is 24.6. The zero-order chi connectivity index (χ0) is 29.1. The number of nitrogens with two attached hydrogens (primary N) is 1. The van der Waals surface area contributed by atoms with E-state index in [0.29, 0.717) is 32.3 Å². The minimum Gasteiger partial charge on any atom is -0.496 e. The third kappa shape index (κ3) is 8.03. The van der Waals surface area contributed by atoms with Crippen molar-refractivity contribution in [1.82, 2.24) is 5.32 Å². The van der Waals surface area contributed by atoms with Crippen molar-refractivity contribution in [3.05, 3.63) is 89.0 Å². The standard InChI is InChI=1S/C34H43N3O5/c1-39-32-8-3-2-6-28(32)24-40-18-5-19-41-29-13-11-26(12-14-29)30-15-16-36-21-33(30)42-23-25-9-10-27-7-4-17-37(22-34(35)38)31(27)20-25/h2-3,6,8-14,20,30,33,36H,4-5,7,15-19,21-24H2,1H3,(H2,35,38). The van der Waals surface area contributed by atoms with E-state index in [-0.39, 0.29) is 18.6 Å². The van der Waals surface area contributed by atoms with Gasteiger partial charge in [-0.15, -0.1) is 0 Å². The van der Waals surface area contributed by atoms with Gasteiger partial charge in [0.2, 0.25) is 5.91 Å². The molecule has 0 spiro atoms. The Morgan fingerprint density at radius 1 is 1.05 bits per heavy atom. The van der Waals surface area contributed by atoms with Crippen molar-refractivity contribution in [1.29, 1.82) is 0 Å². The Balaban J connectivity index is 1.09. The molecule has 1 amide bonds. The van der Waals surface area contributed by atoms with Gasteiger partial charge in [0.05, 0.1) is 46.2 Å². The molecule has 5 rings (SSSR count). The molecule has 0 aromatic heterocycles. The molecule has 8 heteroatoms. The predicted molar refractivity (Wildman–Crippen MR) is 164 cm³/mol. The maximum Gasteiger partial charge on any atom is 0.236 e. The Bertz CT molecular complexity index is 1300. The number of fused-ring (bicyclic) bond motifs is 1. The highest BCUT2D eigenvalue weighted by Crippen LogP contribution is 2.32. The summed E-state index contributed by atoms with van der Waals surface area (Å²) in [6.07, 6.45) is 3.96. The second-order valence-corrected chi connectivity index (χ2v) is 11.0. The van der Waals surface area contributed by atoms with Crippen molar-refractivity contribution in [2.45, 2.75) is 50.9 Å². The lowest BCUT2D eigenvalue weighted by atomic mass is 9.87. The van der Waals surface area contributed by atoms with Gasteiger partial charge < -0.3 is 34.9 Å². The van der Waals surface area contributed by atoms with Gasteiger partial charge >= 0.3 is 0 Å². The number of hydrogen-bond acceptors (Lipinski definition) is 7. The first-order valence-electron chi connectivity index (χ1n) is 15.0. The van der Waals surface area contributed by atoms with Crippen LogP contribution in [0.25, 0.3) is 0 Å². The highest BCUT2D eigenvalue weighted by Gasteiger charge is 2.27. The summed E-state index contributed by atoms with van der Waals surface area (Å²) in [5, 5.41) is 3.49. The molecule has 0 saturated carbocycles. The number of aryl methyl sites for hydroxylation is 1. The molecule has 42 heavy (non-hydrogen) atoms. The normalized spacial score (nSPS) is 18.4. The molecule has 3 N–H and O–H groups in total. The number of ether oxygens (including phenoxy) is 4. The van der Waals surface area contributed by atoms with E-state index >= 15 is 0 Å². The summed E-state index contributed by atoms with van der Waals surface area (Å²) in [4.78, 5) is 13.7. The number of hydrogen-bond donors (Lipinski definition) is 2. The molecule has 0 bridgehead atoms. The lowest BCUT2D eigenvalue weighted by molar-refractivity contribution is -0.116. The number of benzene rings is 3. The molecule has 8 nitrogen and oxygen atoms in total. The van der Waals surface area contributed by atoms with Crippen molar-refractivity contribution < 1.29 is 23.7 Å². The second kappa shape index (κ2) is 15.0. The Kier molecular flexibility index (Phi) is 10.7. The first-order chi connectivity index (χ1) is 20.6. The molecule has 2 atom stereocenters. The van der Waals surface area contributed by atoms with Gasteiger partial charge in [0, 0.05) is 36.7 Å². The van der Waals surface area contributed by atoms with Crippen molar-refractivity contribution >= 4 is 11.6 Å². The van der Waals surface area contributed by atoms with E-state index < -0.39 is 0 Å². The van der Waals surface area contributed by atoms with Crippen LogP contribution in [0.3, 0.4) is 0 Å². The number of carbonyl (C=O) groups excluding carboxylic acids is 1. The van der Waals surface area contributed by atoms with Crippen LogP contribution in [0.2, 0.25) is 0 Å². The summed E-state index contributed by atoms with van der Waals surface area (Å²) < 4.78 is 23.7. The number of rotatable bonds is 14. The molecule has 3 aromatic rings. The summed E-state index contributed by atoms with van der Waals surface area (Å²) in [5.41, 5.74) is 11.3. The summed E-state index contributed by atoms with van der Waals surface area (Å²) >= 11 is 0. The fraction of sp³-hybridized carbons (Fsp3) is 0.441. The fourth-order valence-corrected chi connectivity index (χ4v) is 5.89. The van der Waals surface area contributed by atoms with Crippen LogP contribution in [0.5, 0.6) is 11.5 Å². The van der Waals surface area contributed by atoms with Crippen molar-refractivity contribution in [3.8, 4) is 11.5 Å². The van der Waals surface area contributed by atoms with E-state index in [0.717, 1.165) is 73.6 Å². The van der Waals surface area contributed by atoms with Crippen molar-refractivity contribution in [3.63, 3.8) is 0 Å². The van der Waals surface area contributed by atoms with E-state index in [9.17, 15) is 4.79 Å². The molecule has 2 heterocycles. The van der Waals surface area contributed by atoms with Gasteiger partial charge in [0.25, 0.3) is 0 Å². The summed E-state index contributed by atoms with van der Waals surface area (Å²) in [7, 11) is 1.68. The van der Waals surface area contributed by atoms with Crippen LogP contribution in [0, 0.1) is 0 Å². The number of carbonyl (C=O) groups is 1. The summed E-state index contributed by atoms with van der Waals surface area (Å²) in [6.45, 7) is 5.17. The third-order valence-corrected chi connectivity index (χ3v) is 8.06. The number of primary amides is 1. The van der Waals surface area contributed by atoms with Gasteiger partial charge in [-0.25, -0.2) is 0 Å². The molecule has 0 aliphatic carbocycles. The molecule has 3 aromatic carbocycles. The van der Waals surface area contributed by atoms with Crippen LogP contribution in [0.1, 0.15) is 47.4 Å². The topological polar surface area (TPSA) is 95.3 Å². The molecule has 2 unspecified atom stereocenters. The minimum atomic E-state index is -0.300. The van der Waals surface area contributed by atoms with Crippen LogP contribution >= 0.6 is 0 Å². The van der Waals surface area contributed by atoms with Crippen LogP contribution in [0.4, 0.5) is 5.69 Å². The van der Waals surface area contributed by atoms with Crippen molar-refractivity contribution in [2.75, 3.05) is 51.4 Å². The second-order valence-electron chi connectivity index (χ2n) is 11.0. The summed E-state index contributed by atoms with van der Waals surface area (Å²) in [6, 6.07) is 22.8. The number of piperidine rings is 1. The van der Waals surface area contributed by atoms with Crippen LogP contribution in [-0.4, -0.2) is 58.5 Å². The highest BCUT2D eigenvalue weighted by atomic mass is 16.5. The first-order valence-corrected chi connectivity index (χ1v) is 15.0. The van der Waals surface area contributed by atoms with Crippen LogP contribution < -0.4 is 25.4 Å². The van der Waals surface area contributed by atoms with Gasteiger partial charge in [-0.1, -0.05) is 42.5 Å². The van der Waals surface area contributed by atoms with Crippen molar-refractivity contribution in [2.24, 2.45) is 5.73 Å². The molecule has 2 aliphatic heterocycles. The molecule has 0 radical (unpaired) electrons. The maximum atomic E-state index is 11.6. The quantitative estimate of drug-likeness (QED) is 0.273. The van der Waals surface area contributed by atoms with E-state index in [1.165, 1.54) is 11.1 Å². The van der Waals surface area contributed by atoms with Gasteiger partial charge in [-0.05, 0) is 66.8 Å². The Hall–Kier alpha value is -3.59. The number of methoxy groups -OCH3 is 1. The predicted octanol–water partition coefficient (Wildman–Crippen LogP) is 4.58. The monoisotopic (exact) mass is 573 g/mol. The SMILES string of the molecule is COc1ccccc1COCCCOc1ccc(C2CCNCC2OCc2ccc3c(c2)N(CC(N)=O)CCC3)cc1. The third-order valence-electron chi connectivity index (χ3n) is 8.06. The highest BCUT2D eigenvalue weighted by molar-refractivity contribution is 5.80. The summed E-state index contributed by atoms with van der Waals surface area (Å²) in [5.74, 6) is 1.73. The molecule has 224 valence electrons. The zero-order valence-electron chi connectivity index (χ0n) is 24.6. The van der Waals surface area contributed by atoms with E-state index in [1.807, 2.05) is 24.3 Å². The number of anilines is 1. The van der Waals surface area contributed by atoms with E-state index in [4.69, 9.17) is 24.7 Å². The lowest BCUT2D eigenvalue weighted by Crippen LogP contribution is -2.41. The van der Waals surface area contributed by atoms with E-state index in [2.05, 4.69) is 52.7 Å². The molecule has 1 saturated heterocycles. The smallest absolute Gasteiger partial charge is 0.236 e. The number of nitrogens with one attached hydrogen (secondary N) is 1. The Labute approximate surface area is 249 Å². The number of para-hydroxylation sites is 1. The minimum absolute atomic E-state index is 0.0728. The lowest BCUT2D eigenvalue weighted by Gasteiger charge is -2.33. The van der Waals surface area contributed by atoms with Gasteiger partial charge in [0.15, 0.2) is 0 Å². The largest absolute Gasteiger partial charge is 0.496 e. The Morgan fingerprint density at radius 2 is 1.90 bits per heavy atom. The fourth-order valence-electron chi connectivity index (χ4n) is 5.89. The average molecular weight is 574 g/mol. The first kappa shape index (κ1) is 29.9. The maximum absolute atomic E-state index is 11.6. The molecular weight excluding hydrogens is 530 g/mol. The number of amides is 1. The van der Waals surface area contributed by atoms with E-state index in [1.54, 1.807) is 7.11 Å². The average Bonchev–Trinajstić information content (AvgIpc) is 3.02. The van der Waals surface area contributed by atoms with Gasteiger partial charge in [0.1, 0.15) is 11.5 Å².